The summed E-state index contributed by atoms with van der Waals surface area (Å²) in [6.07, 6.45) is 4.16. The van der Waals surface area contributed by atoms with E-state index in [1.54, 1.807) is 0 Å². The number of allylic oxidation sites excluding steroid dienone is 4. The van der Waals surface area contributed by atoms with Crippen molar-refractivity contribution in [2.24, 2.45) is 5.41 Å². The van der Waals surface area contributed by atoms with E-state index in [2.05, 4.69) is 30.2 Å². The number of aromatic nitrogens is 1. The van der Waals surface area contributed by atoms with E-state index < -0.39 is 5.92 Å². The van der Waals surface area contributed by atoms with Gasteiger partial charge < -0.3 is 5.32 Å². The Morgan fingerprint density at radius 1 is 1.29 bits per heavy atom. The zero-order valence-electron chi connectivity index (χ0n) is 13.7. The smallest absolute Gasteiger partial charge is 0.162 e. The number of carbonyl (C=O) groups excluding carboxylic acids is 1. The number of dihydropyridines is 1. The minimum atomic E-state index is -0.544. The van der Waals surface area contributed by atoms with E-state index >= 15 is 0 Å². The van der Waals surface area contributed by atoms with Gasteiger partial charge >= 0.3 is 0 Å². The highest BCUT2D eigenvalue weighted by Gasteiger charge is 2.42. The molecule has 0 saturated carbocycles. The minimum Gasteiger partial charge on any atom is -0.361 e. The molecular weight excluding hydrogens is 345 g/mol. The summed E-state index contributed by atoms with van der Waals surface area (Å²) in [5.74, 6) is -0.513. The summed E-state index contributed by atoms with van der Waals surface area (Å²) in [6.45, 7) is 5.97. The molecule has 0 unspecified atom stereocenters. The number of pyridine rings is 1. The number of nitrogens with zero attached hydrogens (tertiary/aromatic N) is 2. The van der Waals surface area contributed by atoms with Crippen LogP contribution in [0.1, 0.15) is 45.1 Å². The predicted octanol–water partition coefficient (Wildman–Crippen LogP) is 4.52. The molecule has 1 aromatic rings. The van der Waals surface area contributed by atoms with Crippen molar-refractivity contribution in [3.8, 4) is 6.07 Å². The Kier molecular flexibility index (Phi) is 4.19. The molecule has 1 aromatic heterocycles. The van der Waals surface area contributed by atoms with Gasteiger partial charge in [-0.2, -0.15) is 5.26 Å². The number of nitrogens with one attached hydrogen (secondary N) is 1. The van der Waals surface area contributed by atoms with E-state index in [-0.39, 0.29) is 11.2 Å². The molecule has 1 atom stereocenters. The van der Waals surface area contributed by atoms with Crippen LogP contribution in [-0.4, -0.2) is 10.8 Å². The van der Waals surface area contributed by atoms with Gasteiger partial charge in [-0.1, -0.05) is 37.0 Å². The van der Waals surface area contributed by atoms with Crippen LogP contribution in [0, 0.1) is 16.7 Å². The Hall–Kier alpha value is -1.83. The fraction of sp³-hybridized carbons (Fsp3) is 0.389. The molecule has 3 rings (SSSR count). The van der Waals surface area contributed by atoms with Gasteiger partial charge in [-0.3, -0.25) is 9.78 Å². The highest BCUT2D eigenvalue weighted by atomic mass is 35.5. The van der Waals surface area contributed by atoms with Crippen LogP contribution in [0.25, 0.3) is 0 Å². The summed E-state index contributed by atoms with van der Waals surface area (Å²) in [5, 5.41) is 13.6. The zero-order chi connectivity index (χ0) is 17.6. The van der Waals surface area contributed by atoms with Gasteiger partial charge in [0.25, 0.3) is 0 Å². The van der Waals surface area contributed by atoms with Gasteiger partial charge in [-0.25, -0.2) is 0 Å². The second-order valence-corrected chi connectivity index (χ2v) is 7.87. The molecule has 124 valence electrons. The van der Waals surface area contributed by atoms with Gasteiger partial charge in [0, 0.05) is 41.3 Å². The van der Waals surface area contributed by atoms with Crippen molar-refractivity contribution in [1.29, 1.82) is 5.26 Å². The van der Waals surface area contributed by atoms with Gasteiger partial charge in [0.1, 0.15) is 0 Å². The lowest BCUT2D eigenvalue weighted by Crippen LogP contribution is -2.37. The number of nitriles is 1. The van der Waals surface area contributed by atoms with Crippen LogP contribution in [0.5, 0.6) is 0 Å². The lowest BCUT2D eigenvalue weighted by molar-refractivity contribution is -0.118. The second kappa shape index (κ2) is 5.91. The summed E-state index contributed by atoms with van der Waals surface area (Å²) in [4.78, 5) is 16.9. The largest absolute Gasteiger partial charge is 0.361 e. The van der Waals surface area contributed by atoms with Crippen molar-refractivity contribution in [2.45, 2.75) is 39.5 Å². The van der Waals surface area contributed by atoms with E-state index in [4.69, 9.17) is 23.2 Å². The Morgan fingerprint density at radius 2 is 1.92 bits per heavy atom. The lowest BCUT2D eigenvalue weighted by Gasteiger charge is -2.39. The van der Waals surface area contributed by atoms with Gasteiger partial charge in [-0.05, 0) is 18.8 Å². The van der Waals surface area contributed by atoms with Gasteiger partial charge in [0.2, 0.25) is 0 Å². The number of carbonyl (C=O) groups is 1. The quantitative estimate of drug-likeness (QED) is 0.798. The Labute approximate surface area is 151 Å². The van der Waals surface area contributed by atoms with Crippen LogP contribution in [0.3, 0.4) is 0 Å². The summed E-state index contributed by atoms with van der Waals surface area (Å²) >= 11 is 12.7. The molecule has 0 bridgehead atoms. The third kappa shape index (κ3) is 2.72. The maximum absolute atomic E-state index is 12.9. The van der Waals surface area contributed by atoms with Crippen LogP contribution >= 0.6 is 23.2 Å². The van der Waals surface area contributed by atoms with E-state index in [1.165, 1.54) is 12.4 Å². The average molecular weight is 362 g/mol. The van der Waals surface area contributed by atoms with Crippen molar-refractivity contribution in [1.82, 2.24) is 10.3 Å². The standard InChI is InChI=1S/C18H17Cl2N3O/c1-9-10(6-21)15(16-11(19)7-22-8-12(16)20)17-13(23-9)4-18(2,3)5-14(17)24/h7-8,15,23H,4-5H2,1-3H3/t15-/m1/s1. The molecule has 2 heterocycles. The van der Waals surface area contributed by atoms with Gasteiger partial charge in [-0.15, -0.1) is 0 Å². The van der Waals surface area contributed by atoms with Crippen molar-refractivity contribution < 1.29 is 4.79 Å². The molecule has 0 radical (unpaired) electrons. The Morgan fingerprint density at radius 3 is 2.50 bits per heavy atom. The molecule has 0 spiro atoms. The first-order valence-electron chi connectivity index (χ1n) is 7.68. The van der Waals surface area contributed by atoms with Crippen molar-refractivity contribution in [2.75, 3.05) is 0 Å². The highest BCUT2D eigenvalue weighted by Crippen LogP contribution is 2.48. The minimum absolute atomic E-state index is 0.0305. The fourth-order valence-corrected chi connectivity index (χ4v) is 4.15. The number of hydrogen-bond donors (Lipinski definition) is 1. The van der Waals surface area contributed by atoms with Crippen molar-refractivity contribution >= 4 is 29.0 Å². The van der Waals surface area contributed by atoms with E-state index in [1.807, 2.05) is 6.92 Å². The number of halogens is 2. The second-order valence-electron chi connectivity index (χ2n) is 7.06. The maximum atomic E-state index is 12.9. The van der Waals surface area contributed by atoms with E-state index in [0.717, 1.165) is 17.8 Å². The number of Topliss-reactive ketones (excluding diaryl/α,β-unsaturated/α-hetero) is 1. The normalized spacial score (nSPS) is 22.8. The van der Waals surface area contributed by atoms with Gasteiger partial charge in [0.15, 0.2) is 5.78 Å². The Balaban J connectivity index is 2.27. The molecule has 0 saturated heterocycles. The lowest BCUT2D eigenvalue weighted by atomic mass is 9.69. The molecule has 6 heteroatoms. The summed E-state index contributed by atoms with van der Waals surface area (Å²) in [7, 11) is 0. The van der Waals surface area contributed by atoms with E-state index in [9.17, 15) is 10.1 Å². The summed E-state index contributed by atoms with van der Waals surface area (Å²) in [6, 6.07) is 2.22. The topological polar surface area (TPSA) is 65.8 Å². The molecule has 2 aliphatic rings. The molecule has 1 aliphatic carbocycles. The maximum Gasteiger partial charge on any atom is 0.162 e. The van der Waals surface area contributed by atoms with E-state index in [0.29, 0.717) is 33.2 Å². The number of rotatable bonds is 1. The van der Waals surface area contributed by atoms with Crippen molar-refractivity contribution in [3.63, 3.8) is 0 Å². The molecule has 4 nitrogen and oxygen atoms in total. The third-order valence-electron chi connectivity index (χ3n) is 4.54. The molecule has 1 aliphatic heterocycles. The Bertz CT molecular complexity index is 826. The van der Waals surface area contributed by atoms with Gasteiger partial charge in [0.05, 0.1) is 27.6 Å². The molecule has 0 fully saturated rings. The first kappa shape index (κ1) is 17.0. The molecule has 24 heavy (non-hydrogen) atoms. The van der Waals surface area contributed by atoms with Crippen LogP contribution in [-0.2, 0) is 4.79 Å². The first-order valence-corrected chi connectivity index (χ1v) is 8.44. The number of hydrogen-bond acceptors (Lipinski definition) is 4. The van der Waals surface area contributed by atoms with Crippen LogP contribution in [0.15, 0.2) is 34.9 Å². The molecule has 1 N–H and O–H groups in total. The fourth-order valence-electron chi connectivity index (χ4n) is 3.57. The first-order chi connectivity index (χ1) is 11.2. The average Bonchev–Trinajstić information content (AvgIpc) is 2.44. The molecular formula is C18H17Cl2N3O. The summed E-state index contributed by atoms with van der Waals surface area (Å²) in [5.41, 5.74) is 3.12. The third-order valence-corrected chi connectivity index (χ3v) is 5.14. The van der Waals surface area contributed by atoms with Crippen LogP contribution in [0.4, 0.5) is 0 Å². The molecule has 0 amide bonds. The highest BCUT2D eigenvalue weighted by molar-refractivity contribution is 6.36. The monoisotopic (exact) mass is 361 g/mol. The number of ketones is 1. The van der Waals surface area contributed by atoms with Crippen LogP contribution in [0.2, 0.25) is 10.0 Å². The predicted molar refractivity (Wildman–Crippen MR) is 93.5 cm³/mol. The van der Waals surface area contributed by atoms with Crippen LogP contribution < -0.4 is 5.32 Å². The SMILES string of the molecule is CC1=C(C#N)[C@H](c2c(Cl)cncc2Cl)C2=C(CC(C)(C)CC2=O)N1. The summed E-state index contributed by atoms with van der Waals surface area (Å²) < 4.78 is 0. The van der Waals surface area contributed by atoms with Crippen molar-refractivity contribution in [3.05, 3.63) is 50.5 Å². The zero-order valence-corrected chi connectivity index (χ0v) is 15.2. The molecule has 0 aromatic carbocycles.